The minimum atomic E-state index is -0.156. The molecular weight excluding hydrogens is 281 g/mol. The molecule has 1 N–H and O–H groups in total. The van der Waals surface area contributed by atoms with Crippen molar-refractivity contribution < 1.29 is 4.79 Å². The second-order valence-electron chi connectivity index (χ2n) is 3.22. The van der Waals surface area contributed by atoms with Crippen molar-refractivity contribution in [3.05, 3.63) is 27.8 Å². The summed E-state index contributed by atoms with van der Waals surface area (Å²) in [6, 6.07) is 3.33. The number of thiazole rings is 1. The fraction of sp³-hybridized carbons (Fsp3) is 0.100. The van der Waals surface area contributed by atoms with E-state index in [1.54, 1.807) is 12.1 Å². The van der Waals surface area contributed by atoms with E-state index in [4.69, 9.17) is 23.2 Å². The van der Waals surface area contributed by atoms with E-state index in [1.807, 2.05) is 5.38 Å². The number of hydrogen-bond donors (Lipinski definition) is 1. The number of aromatic nitrogens is 2. The predicted molar refractivity (Wildman–Crippen MR) is 69.7 cm³/mol. The summed E-state index contributed by atoms with van der Waals surface area (Å²) in [4.78, 5) is 19.0. The van der Waals surface area contributed by atoms with Crippen LogP contribution in [0.25, 0.3) is 11.3 Å². The van der Waals surface area contributed by atoms with E-state index in [-0.39, 0.29) is 5.91 Å². The molecule has 4 nitrogen and oxygen atoms in total. The van der Waals surface area contributed by atoms with Gasteiger partial charge in [-0.15, -0.1) is 11.3 Å². The fourth-order valence-electron chi connectivity index (χ4n) is 1.23. The normalized spacial score (nSPS) is 10.3. The Morgan fingerprint density at radius 3 is 2.53 bits per heavy atom. The number of anilines is 1. The van der Waals surface area contributed by atoms with Crippen LogP contribution in [0.15, 0.2) is 17.5 Å². The maximum atomic E-state index is 10.9. The predicted octanol–water partition coefficient (Wildman–Crippen LogP) is 3.47. The van der Waals surface area contributed by atoms with Gasteiger partial charge in [0.15, 0.2) is 5.13 Å². The highest BCUT2D eigenvalue weighted by atomic mass is 35.5. The lowest BCUT2D eigenvalue weighted by atomic mass is 10.2. The summed E-state index contributed by atoms with van der Waals surface area (Å²) in [7, 11) is 0. The molecule has 0 aliphatic rings. The smallest absolute Gasteiger partial charge is 0.223 e. The molecule has 1 amide bonds. The topological polar surface area (TPSA) is 54.9 Å². The van der Waals surface area contributed by atoms with Crippen molar-refractivity contribution in [2.75, 3.05) is 5.32 Å². The summed E-state index contributed by atoms with van der Waals surface area (Å²) in [5.74, 6) is -0.156. The standard InChI is InChI=1S/C10H7Cl2N3OS/c1-5(16)13-10-14-7(4-17-10)6-2-8(11)15-9(12)3-6/h2-4H,1H3,(H,13,14,16). The Bertz CT molecular complexity index is 550. The van der Waals surface area contributed by atoms with Crippen LogP contribution in [-0.2, 0) is 4.79 Å². The zero-order valence-corrected chi connectivity index (χ0v) is 11.0. The Morgan fingerprint density at radius 1 is 1.29 bits per heavy atom. The SMILES string of the molecule is CC(=O)Nc1nc(-c2cc(Cl)nc(Cl)c2)cs1. The summed E-state index contributed by atoms with van der Waals surface area (Å²) in [5, 5.41) is 5.58. The zero-order valence-electron chi connectivity index (χ0n) is 8.70. The van der Waals surface area contributed by atoms with Gasteiger partial charge in [0.2, 0.25) is 5.91 Å². The average molecular weight is 288 g/mol. The van der Waals surface area contributed by atoms with E-state index in [0.717, 1.165) is 5.56 Å². The molecule has 0 bridgehead atoms. The molecule has 0 aliphatic carbocycles. The number of pyridine rings is 1. The van der Waals surface area contributed by atoms with Crippen molar-refractivity contribution in [3.63, 3.8) is 0 Å². The van der Waals surface area contributed by atoms with Gasteiger partial charge < -0.3 is 5.32 Å². The molecule has 2 rings (SSSR count). The fourth-order valence-corrected chi connectivity index (χ4v) is 2.45. The molecule has 2 heterocycles. The molecule has 0 atom stereocenters. The minimum absolute atomic E-state index is 0.156. The van der Waals surface area contributed by atoms with Crippen LogP contribution >= 0.6 is 34.5 Å². The molecule has 0 unspecified atom stereocenters. The van der Waals surface area contributed by atoms with E-state index >= 15 is 0 Å². The second kappa shape index (κ2) is 5.00. The van der Waals surface area contributed by atoms with Gasteiger partial charge in [-0.2, -0.15) is 0 Å². The Labute approximate surface area is 112 Å². The number of carbonyl (C=O) groups is 1. The summed E-state index contributed by atoms with van der Waals surface area (Å²) in [6.07, 6.45) is 0. The number of nitrogens with one attached hydrogen (secondary N) is 1. The van der Waals surface area contributed by atoms with Crippen LogP contribution in [0.1, 0.15) is 6.92 Å². The second-order valence-corrected chi connectivity index (χ2v) is 4.85. The Morgan fingerprint density at radius 2 is 1.94 bits per heavy atom. The monoisotopic (exact) mass is 287 g/mol. The highest BCUT2D eigenvalue weighted by Gasteiger charge is 2.07. The molecule has 0 saturated heterocycles. The molecule has 0 spiro atoms. The van der Waals surface area contributed by atoms with Crippen LogP contribution in [0.2, 0.25) is 10.3 Å². The van der Waals surface area contributed by atoms with Gasteiger partial charge in [-0.1, -0.05) is 23.2 Å². The third-order valence-corrected chi connectivity index (χ3v) is 2.99. The molecule has 0 radical (unpaired) electrons. The molecule has 17 heavy (non-hydrogen) atoms. The van der Waals surface area contributed by atoms with Gasteiger partial charge >= 0.3 is 0 Å². The van der Waals surface area contributed by atoms with E-state index in [9.17, 15) is 4.79 Å². The zero-order chi connectivity index (χ0) is 12.4. The van der Waals surface area contributed by atoms with Gasteiger partial charge in [0.05, 0.1) is 5.69 Å². The van der Waals surface area contributed by atoms with Crippen LogP contribution in [0, 0.1) is 0 Å². The van der Waals surface area contributed by atoms with Gasteiger partial charge in [-0.05, 0) is 12.1 Å². The number of halogens is 2. The molecule has 88 valence electrons. The number of amides is 1. The van der Waals surface area contributed by atoms with Crippen LogP contribution in [-0.4, -0.2) is 15.9 Å². The van der Waals surface area contributed by atoms with E-state index in [1.165, 1.54) is 18.3 Å². The number of carbonyl (C=O) groups excluding carboxylic acids is 1. The molecule has 2 aromatic rings. The summed E-state index contributed by atoms with van der Waals surface area (Å²) in [5.41, 5.74) is 1.47. The molecule has 2 aromatic heterocycles. The maximum absolute atomic E-state index is 10.9. The highest BCUT2D eigenvalue weighted by Crippen LogP contribution is 2.27. The first-order chi connectivity index (χ1) is 8.04. The molecular formula is C10H7Cl2N3OS. The van der Waals surface area contributed by atoms with Gasteiger partial charge in [0, 0.05) is 17.9 Å². The quantitative estimate of drug-likeness (QED) is 0.861. The van der Waals surface area contributed by atoms with Crippen molar-refractivity contribution in [2.24, 2.45) is 0 Å². The highest BCUT2D eigenvalue weighted by molar-refractivity contribution is 7.14. The minimum Gasteiger partial charge on any atom is -0.302 e. The van der Waals surface area contributed by atoms with Crippen LogP contribution in [0.5, 0.6) is 0 Å². The maximum Gasteiger partial charge on any atom is 0.223 e. The summed E-state index contributed by atoms with van der Waals surface area (Å²) in [6.45, 7) is 1.43. The van der Waals surface area contributed by atoms with E-state index in [0.29, 0.717) is 21.1 Å². The van der Waals surface area contributed by atoms with Crippen molar-refractivity contribution >= 4 is 45.6 Å². The van der Waals surface area contributed by atoms with Gasteiger partial charge in [-0.25, -0.2) is 9.97 Å². The van der Waals surface area contributed by atoms with Gasteiger partial charge in [-0.3, -0.25) is 4.79 Å². The first kappa shape index (κ1) is 12.3. The number of rotatable bonds is 2. The first-order valence-electron chi connectivity index (χ1n) is 4.61. The van der Waals surface area contributed by atoms with E-state index in [2.05, 4.69) is 15.3 Å². The van der Waals surface area contributed by atoms with Gasteiger partial charge in [0.25, 0.3) is 0 Å². The lowest BCUT2D eigenvalue weighted by Crippen LogP contribution is -2.04. The molecule has 0 fully saturated rings. The average Bonchev–Trinajstić information content (AvgIpc) is 2.63. The van der Waals surface area contributed by atoms with Crippen LogP contribution < -0.4 is 5.32 Å². The number of hydrogen-bond acceptors (Lipinski definition) is 4. The summed E-state index contributed by atoms with van der Waals surface area (Å²) >= 11 is 12.9. The Hall–Kier alpha value is -1.17. The first-order valence-corrected chi connectivity index (χ1v) is 6.25. The van der Waals surface area contributed by atoms with Gasteiger partial charge in [0.1, 0.15) is 10.3 Å². The lowest BCUT2D eigenvalue weighted by molar-refractivity contribution is -0.114. The third-order valence-electron chi connectivity index (χ3n) is 1.85. The Kier molecular flexibility index (Phi) is 3.61. The number of nitrogens with zero attached hydrogens (tertiary/aromatic N) is 2. The summed E-state index contributed by atoms with van der Waals surface area (Å²) < 4.78 is 0. The Balaban J connectivity index is 2.33. The van der Waals surface area contributed by atoms with Crippen molar-refractivity contribution in [1.29, 1.82) is 0 Å². The molecule has 0 aromatic carbocycles. The van der Waals surface area contributed by atoms with E-state index < -0.39 is 0 Å². The molecule has 7 heteroatoms. The molecule has 0 saturated carbocycles. The third kappa shape index (κ3) is 3.15. The van der Waals surface area contributed by atoms with Crippen LogP contribution in [0.4, 0.5) is 5.13 Å². The van der Waals surface area contributed by atoms with Crippen molar-refractivity contribution in [1.82, 2.24) is 9.97 Å². The van der Waals surface area contributed by atoms with Crippen molar-refractivity contribution in [2.45, 2.75) is 6.92 Å². The largest absolute Gasteiger partial charge is 0.302 e. The van der Waals surface area contributed by atoms with Crippen molar-refractivity contribution in [3.8, 4) is 11.3 Å². The molecule has 0 aliphatic heterocycles. The lowest BCUT2D eigenvalue weighted by Gasteiger charge is -1.98. The van der Waals surface area contributed by atoms with Crippen LogP contribution in [0.3, 0.4) is 0 Å².